The quantitative estimate of drug-likeness (QED) is 0.841. The number of nitrogens with one attached hydrogen (secondary N) is 1. The number of amides is 1. The van der Waals surface area contributed by atoms with Crippen LogP contribution in [0.25, 0.3) is 0 Å². The summed E-state index contributed by atoms with van der Waals surface area (Å²) in [7, 11) is 0. The molecule has 1 fully saturated rings. The topological polar surface area (TPSA) is 71.2 Å². The van der Waals surface area contributed by atoms with Gasteiger partial charge in [-0.3, -0.25) is 9.69 Å². The average molecular weight is 344 g/mol. The number of benzene rings is 1. The third-order valence-electron chi connectivity index (χ3n) is 4.41. The summed E-state index contributed by atoms with van der Waals surface area (Å²) in [5, 5.41) is 5.87. The van der Waals surface area contributed by atoms with Crippen molar-refractivity contribution in [3.8, 4) is 0 Å². The van der Waals surface area contributed by atoms with Crippen LogP contribution in [0.4, 0.5) is 0 Å². The number of nitrogens with zero attached hydrogens (tertiary/aromatic N) is 2. The summed E-state index contributed by atoms with van der Waals surface area (Å²) < 4.78 is 0. The predicted octanol–water partition coefficient (Wildman–Crippen LogP) is 2.04. The summed E-state index contributed by atoms with van der Waals surface area (Å²) in [5.74, 6) is -0.0757. The molecule has 6 heteroatoms. The van der Waals surface area contributed by atoms with Crippen LogP contribution in [0.1, 0.15) is 34.4 Å². The van der Waals surface area contributed by atoms with E-state index in [0.717, 1.165) is 30.9 Å². The lowest BCUT2D eigenvalue weighted by atomic mass is 10.2. The van der Waals surface area contributed by atoms with E-state index in [-0.39, 0.29) is 11.9 Å². The molecule has 0 bridgehead atoms. The van der Waals surface area contributed by atoms with E-state index in [0.29, 0.717) is 18.3 Å². The second-order valence-corrected chi connectivity index (χ2v) is 7.28. The van der Waals surface area contributed by atoms with Gasteiger partial charge in [-0.1, -0.05) is 30.3 Å². The molecule has 5 nitrogen and oxygen atoms in total. The van der Waals surface area contributed by atoms with Gasteiger partial charge in [0.05, 0.1) is 5.01 Å². The van der Waals surface area contributed by atoms with Crippen molar-refractivity contribution in [1.29, 1.82) is 0 Å². The molecular formula is C18H24N4OS. The molecule has 3 rings (SSSR count). The van der Waals surface area contributed by atoms with Gasteiger partial charge in [0.25, 0.3) is 5.91 Å². The van der Waals surface area contributed by atoms with E-state index in [2.05, 4.69) is 46.4 Å². The van der Waals surface area contributed by atoms with E-state index in [9.17, 15) is 4.79 Å². The summed E-state index contributed by atoms with van der Waals surface area (Å²) in [6.45, 7) is 4.58. The van der Waals surface area contributed by atoms with Gasteiger partial charge in [0.2, 0.25) is 0 Å². The predicted molar refractivity (Wildman–Crippen MR) is 97.1 cm³/mol. The summed E-state index contributed by atoms with van der Waals surface area (Å²) in [4.78, 5) is 19.2. The molecule has 128 valence electrons. The van der Waals surface area contributed by atoms with Gasteiger partial charge < -0.3 is 11.1 Å². The molecule has 0 aliphatic carbocycles. The summed E-state index contributed by atoms with van der Waals surface area (Å²) in [5.41, 5.74) is 7.35. The first-order valence-electron chi connectivity index (χ1n) is 8.39. The third-order valence-corrected chi connectivity index (χ3v) is 5.32. The Labute approximate surface area is 146 Å². The van der Waals surface area contributed by atoms with Crippen LogP contribution in [0.3, 0.4) is 0 Å². The summed E-state index contributed by atoms with van der Waals surface area (Å²) in [6, 6.07) is 11.1. The van der Waals surface area contributed by atoms with E-state index >= 15 is 0 Å². The Morgan fingerprint density at radius 2 is 2.21 bits per heavy atom. The number of carbonyl (C=O) groups is 1. The van der Waals surface area contributed by atoms with Gasteiger partial charge in [-0.05, 0) is 25.5 Å². The zero-order valence-corrected chi connectivity index (χ0v) is 14.8. The molecule has 0 spiro atoms. The smallest absolute Gasteiger partial charge is 0.271 e. The lowest BCUT2D eigenvalue weighted by Crippen LogP contribution is -2.37. The standard InChI is InChI=1S/C18H24N4OS/c1-13-9-15(11-22(13)10-14-5-3-2-4-6-14)20-18(23)16-12-24-17(21-16)7-8-19/h2-6,12-13,15H,7-11,19H2,1H3,(H,20,23). The number of likely N-dealkylation sites (tertiary alicyclic amines) is 1. The maximum Gasteiger partial charge on any atom is 0.271 e. The number of aromatic nitrogens is 1. The van der Waals surface area contributed by atoms with E-state index in [1.807, 2.05) is 11.4 Å². The normalized spacial score (nSPS) is 21.1. The molecule has 0 saturated carbocycles. The molecule has 3 N–H and O–H groups in total. The fraction of sp³-hybridized carbons (Fsp3) is 0.444. The first kappa shape index (κ1) is 17.1. The lowest BCUT2D eigenvalue weighted by Gasteiger charge is -2.20. The van der Waals surface area contributed by atoms with E-state index in [1.54, 1.807) is 0 Å². The Morgan fingerprint density at radius 1 is 1.42 bits per heavy atom. The Morgan fingerprint density at radius 3 is 2.96 bits per heavy atom. The zero-order valence-electron chi connectivity index (χ0n) is 13.9. The van der Waals surface area contributed by atoms with Gasteiger partial charge in [0, 0.05) is 37.0 Å². The van der Waals surface area contributed by atoms with E-state index in [4.69, 9.17) is 5.73 Å². The highest BCUT2D eigenvalue weighted by molar-refractivity contribution is 7.09. The summed E-state index contributed by atoms with van der Waals surface area (Å²) in [6.07, 6.45) is 1.70. The molecule has 2 heterocycles. The van der Waals surface area contributed by atoms with E-state index < -0.39 is 0 Å². The number of rotatable bonds is 6. The van der Waals surface area contributed by atoms with Crippen LogP contribution in [-0.4, -0.2) is 41.0 Å². The van der Waals surface area contributed by atoms with Crippen LogP contribution in [0.5, 0.6) is 0 Å². The van der Waals surface area contributed by atoms with Crippen LogP contribution < -0.4 is 11.1 Å². The zero-order chi connectivity index (χ0) is 16.9. The highest BCUT2D eigenvalue weighted by atomic mass is 32.1. The van der Waals surface area contributed by atoms with Crippen molar-refractivity contribution in [2.24, 2.45) is 5.73 Å². The molecule has 0 radical (unpaired) electrons. The Bertz CT molecular complexity index is 673. The molecule has 24 heavy (non-hydrogen) atoms. The number of hydrogen-bond donors (Lipinski definition) is 2. The van der Waals surface area contributed by atoms with Gasteiger partial charge >= 0.3 is 0 Å². The SMILES string of the molecule is CC1CC(NC(=O)c2csc(CCN)n2)CN1Cc1ccccc1. The number of nitrogens with two attached hydrogens (primary N) is 1. The Hall–Kier alpha value is -1.76. The highest BCUT2D eigenvalue weighted by Crippen LogP contribution is 2.20. The second kappa shape index (κ2) is 7.88. The first-order chi connectivity index (χ1) is 11.7. The molecule has 1 aliphatic heterocycles. The number of hydrogen-bond acceptors (Lipinski definition) is 5. The number of thiazole rings is 1. The van der Waals surface area contributed by atoms with Crippen molar-refractivity contribution in [3.63, 3.8) is 0 Å². The molecule has 1 aliphatic rings. The van der Waals surface area contributed by atoms with Crippen molar-refractivity contribution < 1.29 is 4.79 Å². The molecule has 2 unspecified atom stereocenters. The molecular weight excluding hydrogens is 320 g/mol. The average Bonchev–Trinajstić information content (AvgIpc) is 3.16. The fourth-order valence-corrected chi connectivity index (χ4v) is 3.95. The van der Waals surface area contributed by atoms with Crippen molar-refractivity contribution in [2.75, 3.05) is 13.1 Å². The third kappa shape index (κ3) is 4.20. The van der Waals surface area contributed by atoms with Crippen LogP contribution in [0, 0.1) is 0 Å². The second-order valence-electron chi connectivity index (χ2n) is 6.34. The molecule has 1 aromatic heterocycles. The maximum atomic E-state index is 12.4. The lowest BCUT2D eigenvalue weighted by molar-refractivity contribution is 0.0933. The minimum Gasteiger partial charge on any atom is -0.347 e. The van der Waals surface area contributed by atoms with Crippen molar-refractivity contribution in [3.05, 3.63) is 52.0 Å². The van der Waals surface area contributed by atoms with Gasteiger partial charge in [-0.25, -0.2) is 4.98 Å². The molecule has 1 aromatic carbocycles. The van der Waals surface area contributed by atoms with Gasteiger partial charge in [0.1, 0.15) is 5.69 Å². The van der Waals surface area contributed by atoms with Crippen molar-refractivity contribution >= 4 is 17.2 Å². The number of carbonyl (C=O) groups excluding carboxylic acids is 1. The van der Waals surface area contributed by atoms with Crippen molar-refractivity contribution in [2.45, 2.75) is 38.4 Å². The summed E-state index contributed by atoms with van der Waals surface area (Å²) >= 11 is 1.50. The minimum absolute atomic E-state index is 0.0757. The maximum absolute atomic E-state index is 12.4. The van der Waals surface area contributed by atoms with Gasteiger partial charge in [-0.15, -0.1) is 11.3 Å². The van der Waals surface area contributed by atoms with Crippen LogP contribution in [0.2, 0.25) is 0 Å². The van der Waals surface area contributed by atoms with Crippen LogP contribution in [0.15, 0.2) is 35.7 Å². The van der Waals surface area contributed by atoms with Crippen LogP contribution >= 0.6 is 11.3 Å². The molecule has 2 aromatic rings. The highest BCUT2D eigenvalue weighted by Gasteiger charge is 2.30. The van der Waals surface area contributed by atoms with Gasteiger partial charge in [-0.2, -0.15) is 0 Å². The molecule has 2 atom stereocenters. The fourth-order valence-electron chi connectivity index (χ4n) is 3.15. The van der Waals surface area contributed by atoms with Crippen molar-refractivity contribution in [1.82, 2.24) is 15.2 Å². The monoisotopic (exact) mass is 344 g/mol. The largest absolute Gasteiger partial charge is 0.347 e. The minimum atomic E-state index is -0.0757. The first-order valence-corrected chi connectivity index (χ1v) is 9.27. The van der Waals surface area contributed by atoms with Crippen LogP contribution in [-0.2, 0) is 13.0 Å². The van der Waals surface area contributed by atoms with E-state index in [1.165, 1.54) is 16.9 Å². The Balaban J connectivity index is 1.55. The Kier molecular flexibility index (Phi) is 5.60. The van der Waals surface area contributed by atoms with Gasteiger partial charge in [0.15, 0.2) is 0 Å². The molecule has 1 saturated heterocycles. The molecule has 1 amide bonds.